The fourth-order valence-electron chi connectivity index (χ4n) is 6.24. The highest BCUT2D eigenvalue weighted by atomic mass is 16.5. The number of fused-ring (bicyclic) bond motifs is 5. The molecule has 2 aliphatic heterocycles. The van der Waals surface area contributed by atoms with Gasteiger partial charge in [0, 0.05) is 30.1 Å². The van der Waals surface area contributed by atoms with E-state index in [0.717, 1.165) is 42.8 Å². The second-order valence-corrected chi connectivity index (χ2v) is 10.1. The maximum Gasteiger partial charge on any atom is 0.320 e. The second kappa shape index (κ2) is 6.91. The summed E-state index contributed by atoms with van der Waals surface area (Å²) in [6.07, 6.45) is 2.44. The highest BCUT2D eigenvalue weighted by Crippen LogP contribution is 2.57. The van der Waals surface area contributed by atoms with Crippen molar-refractivity contribution in [1.82, 2.24) is 9.80 Å². The quantitative estimate of drug-likeness (QED) is 0.739. The van der Waals surface area contributed by atoms with Crippen molar-refractivity contribution in [2.24, 2.45) is 5.41 Å². The smallest absolute Gasteiger partial charge is 0.320 e. The maximum absolute atomic E-state index is 13.8. The molecule has 164 valence electrons. The van der Waals surface area contributed by atoms with Gasteiger partial charge in [-0.15, -0.1) is 0 Å². The van der Waals surface area contributed by atoms with Gasteiger partial charge >= 0.3 is 6.03 Å². The molecule has 1 N–H and O–H groups in total. The Hall–Kier alpha value is -2.69. The predicted octanol–water partition coefficient (Wildman–Crippen LogP) is 4.49. The van der Waals surface area contributed by atoms with Gasteiger partial charge in [-0.3, -0.25) is 0 Å². The summed E-state index contributed by atoms with van der Waals surface area (Å²) in [5.41, 5.74) is 4.49. The molecule has 5 heteroatoms. The van der Waals surface area contributed by atoms with Crippen LogP contribution in [0.5, 0.6) is 11.5 Å². The predicted molar refractivity (Wildman–Crippen MR) is 121 cm³/mol. The Morgan fingerprint density at radius 1 is 1.10 bits per heavy atom. The normalized spacial score (nSPS) is 26.1. The summed E-state index contributed by atoms with van der Waals surface area (Å²) in [6, 6.07) is 12.2. The zero-order valence-corrected chi connectivity index (χ0v) is 18.9. The van der Waals surface area contributed by atoms with Crippen LogP contribution >= 0.6 is 0 Å². The van der Waals surface area contributed by atoms with Crippen LogP contribution in [0.4, 0.5) is 4.79 Å². The number of carbonyl (C=O) groups is 1. The van der Waals surface area contributed by atoms with E-state index < -0.39 is 0 Å². The van der Waals surface area contributed by atoms with Gasteiger partial charge in [0.15, 0.2) is 0 Å². The third kappa shape index (κ3) is 2.78. The highest BCUT2D eigenvalue weighted by molar-refractivity contribution is 5.76. The molecular formula is C26H32N2O3. The Morgan fingerprint density at radius 2 is 1.87 bits per heavy atom. The van der Waals surface area contributed by atoms with Gasteiger partial charge in [-0.05, 0) is 53.5 Å². The summed E-state index contributed by atoms with van der Waals surface area (Å²) in [7, 11) is 1.69. The molecule has 0 radical (unpaired) electrons. The van der Waals surface area contributed by atoms with Crippen LogP contribution in [0.3, 0.4) is 0 Å². The van der Waals surface area contributed by atoms with Crippen molar-refractivity contribution in [3.63, 3.8) is 0 Å². The van der Waals surface area contributed by atoms with Crippen LogP contribution in [-0.4, -0.2) is 47.2 Å². The standard InChI is InChI=1S/C26H32N2O3/c1-25(2)23-15-18-20(8-6-9-21(18)29)26(25,3)12-14-28(23)24(30)27-13-11-17-7-5-10-22(31-4)19(17)16-27/h5-10,23,29H,11-16H2,1-4H3. The fourth-order valence-corrected chi connectivity index (χ4v) is 6.24. The molecule has 3 aliphatic rings. The summed E-state index contributed by atoms with van der Waals surface area (Å²) in [5.74, 6) is 1.22. The fraction of sp³-hybridized carbons (Fsp3) is 0.500. The molecule has 2 atom stereocenters. The van der Waals surface area contributed by atoms with Crippen LogP contribution in [0, 0.1) is 5.41 Å². The van der Waals surface area contributed by atoms with E-state index in [1.807, 2.05) is 23.1 Å². The molecule has 5 rings (SSSR count). The van der Waals surface area contributed by atoms with Gasteiger partial charge in [-0.1, -0.05) is 45.0 Å². The van der Waals surface area contributed by atoms with Crippen molar-refractivity contribution < 1.29 is 14.6 Å². The number of carbonyl (C=O) groups excluding carboxylic acids is 1. The van der Waals surface area contributed by atoms with Gasteiger partial charge in [0.25, 0.3) is 0 Å². The number of piperidine rings is 1. The largest absolute Gasteiger partial charge is 0.508 e. The summed E-state index contributed by atoms with van der Waals surface area (Å²) >= 11 is 0. The monoisotopic (exact) mass is 420 g/mol. The number of aromatic hydroxyl groups is 1. The summed E-state index contributed by atoms with van der Waals surface area (Å²) < 4.78 is 5.57. The molecule has 0 aromatic heterocycles. The Morgan fingerprint density at radius 3 is 2.65 bits per heavy atom. The highest BCUT2D eigenvalue weighted by Gasteiger charge is 2.57. The average Bonchev–Trinajstić information content (AvgIpc) is 2.75. The average molecular weight is 421 g/mol. The summed E-state index contributed by atoms with van der Waals surface area (Å²) in [6.45, 7) is 8.94. The van der Waals surface area contributed by atoms with Gasteiger partial charge in [0.2, 0.25) is 0 Å². The van der Waals surface area contributed by atoms with Gasteiger partial charge in [0.05, 0.1) is 13.7 Å². The lowest BCUT2D eigenvalue weighted by molar-refractivity contribution is -0.0246. The van der Waals surface area contributed by atoms with Crippen LogP contribution in [0.1, 0.15) is 49.4 Å². The van der Waals surface area contributed by atoms with Crippen LogP contribution in [0.15, 0.2) is 36.4 Å². The SMILES string of the molecule is COc1cccc2c1CN(C(=O)N1CCC3(C)c4cccc(O)c4CC1C3(C)C)CC2. The molecule has 1 fully saturated rings. The number of phenols is 1. The Bertz CT molecular complexity index is 1030. The number of phenolic OH excluding ortho intramolecular Hbond substituents is 1. The van der Waals surface area contributed by atoms with Crippen LogP contribution in [-0.2, 0) is 24.8 Å². The third-order valence-corrected chi connectivity index (χ3v) is 8.59. The summed E-state index contributed by atoms with van der Waals surface area (Å²) in [5, 5.41) is 10.6. The first-order valence-electron chi connectivity index (χ1n) is 11.3. The lowest BCUT2D eigenvalue weighted by atomic mass is 9.51. The van der Waals surface area contributed by atoms with Crippen molar-refractivity contribution in [3.05, 3.63) is 58.7 Å². The second-order valence-electron chi connectivity index (χ2n) is 10.1. The van der Waals surface area contributed by atoms with E-state index in [-0.39, 0.29) is 22.9 Å². The molecule has 2 aromatic carbocycles. The molecular weight excluding hydrogens is 388 g/mol. The number of amides is 2. The van der Waals surface area contributed by atoms with Crippen molar-refractivity contribution in [2.45, 2.75) is 58.0 Å². The first-order valence-corrected chi connectivity index (χ1v) is 11.3. The number of hydrogen-bond acceptors (Lipinski definition) is 3. The number of hydrogen-bond donors (Lipinski definition) is 1. The molecule has 31 heavy (non-hydrogen) atoms. The molecule has 1 saturated heterocycles. The van der Waals surface area contributed by atoms with E-state index in [9.17, 15) is 9.90 Å². The minimum Gasteiger partial charge on any atom is -0.508 e. The number of methoxy groups -OCH3 is 1. The molecule has 2 bridgehead atoms. The van der Waals surface area contributed by atoms with Gasteiger partial charge in [0.1, 0.15) is 11.5 Å². The third-order valence-electron chi connectivity index (χ3n) is 8.59. The van der Waals surface area contributed by atoms with Crippen LogP contribution in [0.2, 0.25) is 0 Å². The molecule has 2 amide bonds. The van der Waals surface area contributed by atoms with Gasteiger partial charge < -0.3 is 19.6 Å². The molecule has 0 spiro atoms. The number of rotatable bonds is 1. The molecule has 2 heterocycles. The molecule has 0 saturated carbocycles. The van der Waals surface area contributed by atoms with Gasteiger partial charge in [-0.25, -0.2) is 4.79 Å². The Kier molecular flexibility index (Phi) is 4.51. The lowest BCUT2D eigenvalue weighted by Gasteiger charge is -2.61. The Labute approximate surface area is 184 Å². The van der Waals surface area contributed by atoms with Crippen LogP contribution in [0.25, 0.3) is 0 Å². The Balaban J connectivity index is 1.47. The van der Waals surface area contributed by atoms with Crippen LogP contribution < -0.4 is 4.74 Å². The molecule has 1 aliphatic carbocycles. The van der Waals surface area contributed by atoms with E-state index >= 15 is 0 Å². The van der Waals surface area contributed by atoms with Crippen molar-refractivity contribution in [1.29, 1.82) is 0 Å². The molecule has 2 unspecified atom stereocenters. The zero-order valence-electron chi connectivity index (χ0n) is 18.9. The lowest BCUT2D eigenvalue weighted by Crippen LogP contribution is -2.66. The number of likely N-dealkylation sites (tertiary alicyclic amines) is 1. The minimum absolute atomic E-state index is 0.0543. The zero-order chi connectivity index (χ0) is 22.0. The van der Waals surface area contributed by atoms with E-state index in [1.165, 1.54) is 11.1 Å². The molecule has 2 aromatic rings. The maximum atomic E-state index is 13.8. The van der Waals surface area contributed by atoms with Gasteiger partial charge in [-0.2, -0.15) is 0 Å². The number of benzene rings is 2. The molecule has 5 nitrogen and oxygen atoms in total. The minimum atomic E-state index is -0.0902. The van der Waals surface area contributed by atoms with Crippen molar-refractivity contribution in [2.75, 3.05) is 20.2 Å². The van der Waals surface area contributed by atoms with E-state index in [2.05, 4.69) is 37.8 Å². The first kappa shape index (κ1) is 20.2. The van der Waals surface area contributed by atoms with Crippen molar-refractivity contribution >= 4 is 6.03 Å². The topological polar surface area (TPSA) is 53.0 Å². The van der Waals surface area contributed by atoms with E-state index in [1.54, 1.807) is 13.2 Å². The van der Waals surface area contributed by atoms with Crippen molar-refractivity contribution in [3.8, 4) is 11.5 Å². The number of nitrogens with zero attached hydrogens (tertiary/aromatic N) is 2. The number of urea groups is 1. The van der Waals surface area contributed by atoms with E-state index in [0.29, 0.717) is 18.7 Å². The summed E-state index contributed by atoms with van der Waals surface area (Å²) in [4.78, 5) is 17.9. The van der Waals surface area contributed by atoms with E-state index in [4.69, 9.17) is 4.74 Å². The first-order chi connectivity index (χ1) is 14.8. The number of ether oxygens (including phenoxy) is 1.